The first-order valence-corrected chi connectivity index (χ1v) is 10.8. The van der Waals surface area contributed by atoms with Gasteiger partial charge in [0.15, 0.2) is 0 Å². The molecule has 0 amide bonds. The van der Waals surface area contributed by atoms with Gasteiger partial charge in [-0.3, -0.25) is 4.57 Å². The van der Waals surface area contributed by atoms with E-state index in [1.165, 1.54) is 17.1 Å². The number of benzene rings is 1. The number of aromatic nitrogens is 4. The van der Waals surface area contributed by atoms with Crippen molar-refractivity contribution in [3.8, 4) is 5.95 Å². The predicted molar refractivity (Wildman–Crippen MR) is 116 cm³/mol. The zero-order chi connectivity index (χ0) is 20.6. The molecule has 1 unspecified atom stereocenters. The highest BCUT2D eigenvalue weighted by Gasteiger charge is 2.16. The van der Waals surface area contributed by atoms with E-state index in [9.17, 15) is 0 Å². The van der Waals surface area contributed by atoms with Crippen LogP contribution in [0.1, 0.15) is 24.8 Å². The van der Waals surface area contributed by atoms with E-state index in [4.69, 9.17) is 9.47 Å². The molecule has 9 heteroatoms. The molecule has 8 nitrogen and oxygen atoms in total. The van der Waals surface area contributed by atoms with Crippen LogP contribution in [0.2, 0.25) is 0 Å². The first kappa shape index (κ1) is 20.4. The van der Waals surface area contributed by atoms with E-state index in [-0.39, 0.29) is 0 Å². The average Bonchev–Trinajstić information content (AvgIpc) is 3.55. The van der Waals surface area contributed by atoms with Crippen LogP contribution in [0.25, 0.3) is 5.95 Å². The van der Waals surface area contributed by atoms with Crippen LogP contribution in [0.15, 0.2) is 61.1 Å². The van der Waals surface area contributed by atoms with Gasteiger partial charge in [0, 0.05) is 56.5 Å². The molecule has 0 saturated carbocycles. The molecule has 1 aromatic carbocycles. The van der Waals surface area contributed by atoms with Gasteiger partial charge < -0.3 is 19.7 Å². The molecule has 0 radical (unpaired) electrons. The van der Waals surface area contributed by atoms with Crippen LogP contribution in [0.4, 0.5) is 5.13 Å². The summed E-state index contributed by atoms with van der Waals surface area (Å²) in [4.78, 5) is 10.8. The van der Waals surface area contributed by atoms with Gasteiger partial charge in [-0.2, -0.15) is 9.36 Å². The fourth-order valence-electron chi connectivity index (χ4n) is 3.27. The smallest absolute Gasteiger partial charge is 0.248 e. The Hall–Kier alpha value is -2.91. The lowest BCUT2D eigenvalue weighted by Crippen LogP contribution is -2.30. The molecule has 1 aliphatic rings. The molecule has 3 heterocycles. The van der Waals surface area contributed by atoms with E-state index in [0.717, 1.165) is 43.2 Å². The molecule has 30 heavy (non-hydrogen) atoms. The zero-order valence-electron chi connectivity index (χ0n) is 17.0. The van der Waals surface area contributed by atoms with Crippen molar-refractivity contribution in [1.29, 1.82) is 0 Å². The minimum absolute atomic E-state index is 0.308. The fraction of sp³-hybridized carbons (Fsp3) is 0.381. The molecule has 4 rings (SSSR count). The van der Waals surface area contributed by atoms with Crippen molar-refractivity contribution in [2.24, 2.45) is 0 Å². The Morgan fingerprint density at radius 3 is 2.97 bits per heavy atom. The number of nitrogens with one attached hydrogen (secondary N) is 1. The third-order valence-corrected chi connectivity index (χ3v) is 5.75. The monoisotopic (exact) mass is 426 g/mol. The maximum Gasteiger partial charge on any atom is 0.248 e. The molecule has 1 aliphatic heterocycles. The molecule has 2 aromatic heterocycles. The third kappa shape index (κ3) is 5.58. The van der Waals surface area contributed by atoms with Crippen LogP contribution in [0.5, 0.6) is 0 Å². The van der Waals surface area contributed by atoms with Crippen LogP contribution in [0, 0.1) is 0 Å². The summed E-state index contributed by atoms with van der Waals surface area (Å²) >= 11 is 1.40. The highest BCUT2D eigenvalue weighted by atomic mass is 32.1. The van der Waals surface area contributed by atoms with Gasteiger partial charge in [0.2, 0.25) is 17.9 Å². The van der Waals surface area contributed by atoms with Crippen LogP contribution in [0.3, 0.4) is 0 Å². The maximum atomic E-state index is 5.53. The minimum Gasteiger partial charge on any atom is -0.462 e. The number of imidazole rings is 1. The van der Waals surface area contributed by atoms with Crippen molar-refractivity contribution in [1.82, 2.24) is 24.2 Å². The van der Waals surface area contributed by atoms with Crippen LogP contribution in [-0.4, -0.2) is 45.3 Å². The Labute approximate surface area is 180 Å². The minimum atomic E-state index is 0.308. The highest BCUT2D eigenvalue weighted by Crippen LogP contribution is 2.20. The van der Waals surface area contributed by atoms with Gasteiger partial charge in [0.05, 0.1) is 0 Å². The standard InChI is InChI=1S/C21H26N6O2S/c1-26(21-24-20(25-30-21)27-11-9-22-15-27)10-5-8-18(12-19-14-28-16-29-19)23-13-17-6-3-2-4-7-17/h2-4,6-7,9,11,14-15,18,23H,5,8,10,12-13,16H2,1H3. The van der Waals surface area contributed by atoms with Gasteiger partial charge >= 0.3 is 0 Å². The van der Waals surface area contributed by atoms with Crippen molar-refractivity contribution in [2.45, 2.75) is 31.8 Å². The van der Waals surface area contributed by atoms with Gasteiger partial charge in [0.25, 0.3) is 0 Å². The van der Waals surface area contributed by atoms with Crippen LogP contribution >= 0.6 is 11.5 Å². The van der Waals surface area contributed by atoms with Crippen molar-refractivity contribution < 1.29 is 9.47 Å². The lowest BCUT2D eigenvalue weighted by Gasteiger charge is -2.21. The van der Waals surface area contributed by atoms with E-state index < -0.39 is 0 Å². The maximum absolute atomic E-state index is 5.53. The molecule has 0 aliphatic carbocycles. The summed E-state index contributed by atoms with van der Waals surface area (Å²) in [6.45, 7) is 2.05. The Morgan fingerprint density at radius 2 is 2.20 bits per heavy atom. The fourth-order valence-corrected chi connectivity index (χ4v) is 3.92. The molecule has 1 atom stereocenters. The molecule has 158 valence electrons. The van der Waals surface area contributed by atoms with E-state index in [0.29, 0.717) is 18.8 Å². The number of rotatable bonds is 11. The average molecular weight is 427 g/mol. The summed E-state index contributed by atoms with van der Waals surface area (Å²) in [6, 6.07) is 10.8. The Kier molecular flexibility index (Phi) is 6.94. The van der Waals surface area contributed by atoms with Gasteiger partial charge in [-0.1, -0.05) is 30.3 Å². The molecular weight excluding hydrogens is 400 g/mol. The van der Waals surface area contributed by atoms with Crippen molar-refractivity contribution in [2.75, 3.05) is 25.3 Å². The summed E-state index contributed by atoms with van der Waals surface area (Å²) in [5, 5.41) is 4.57. The number of ether oxygens (including phenoxy) is 2. The summed E-state index contributed by atoms with van der Waals surface area (Å²) in [7, 11) is 2.06. The van der Waals surface area contributed by atoms with Crippen LogP contribution in [-0.2, 0) is 16.0 Å². The molecule has 0 fully saturated rings. The van der Waals surface area contributed by atoms with Gasteiger partial charge in [-0.05, 0) is 18.4 Å². The predicted octanol–water partition coefficient (Wildman–Crippen LogP) is 3.33. The first-order chi connectivity index (χ1) is 14.8. The largest absolute Gasteiger partial charge is 0.462 e. The summed E-state index contributed by atoms with van der Waals surface area (Å²) in [5.74, 6) is 1.56. The number of anilines is 1. The van der Waals surface area contributed by atoms with Crippen molar-refractivity contribution >= 4 is 16.7 Å². The lowest BCUT2D eigenvalue weighted by molar-refractivity contribution is 0.0762. The van der Waals surface area contributed by atoms with Gasteiger partial charge in [-0.15, -0.1) is 0 Å². The SMILES string of the molecule is CN(CCCC(CC1=COCO1)NCc1ccccc1)c1nc(-n2ccnc2)ns1. The molecule has 0 spiro atoms. The zero-order valence-corrected chi connectivity index (χ0v) is 17.8. The molecular formula is C21H26N6O2S. The van der Waals surface area contributed by atoms with Crippen molar-refractivity contribution in [3.05, 3.63) is 66.6 Å². The Balaban J connectivity index is 1.28. The number of nitrogens with zero attached hydrogens (tertiary/aromatic N) is 5. The summed E-state index contributed by atoms with van der Waals surface area (Å²) in [6.07, 6.45) is 9.86. The number of hydrogen-bond acceptors (Lipinski definition) is 8. The van der Waals surface area contributed by atoms with E-state index in [2.05, 4.69) is 55.9 Å². The van der Waals surface area contributed by atoms with Gasteiger partial charge in [0.1, 0.15) is 18.3 Å². The second-order valence-corrected chi connectivity index (χ2v) is 7.92. The van der Waals surface area contributed by atoms with Crippen LogP contribution < -0.4 is 10.2 Å². The second kappa shape index (κ2) is 10.2. The van der Waals surface area contributed by atoms with Gasteiger partial charge in [-0.25, -0.2) is 4.98 Å². The first-order valence-electron chi connectivity index (χ1n) is 10.0. The summed E-state index contributed by atoms with van der Waals surface area (Å²) in [5.41, 5.74) is 1.28. The topological polar surface area (TPSA) is 77.3 Å². The molecule has 3 aromatic rings. The Bertz CT molecular complexity index is 928. The summed E-state index contributed by atoms with van der Waals surface area (Å²) < 4.78 is 17.0. The Morgan fingerprint density at radius 1 is 1.30 bits per heavy atom. The molecule has 1 N–H and O–H groups in total. The third-order valence-electron chi connectivity index (χ3n) is 4.92. The second-order valence-electron chi connectivity index (χ2n) is 7.19. The molecule has 0 bridgehead atoms. The normalized spacial score (nSPS) is 14.1. The van der Waals surface area contributed by atoms with E-state index >= 15 is 0 Å². The molecule has 0 saturated heterocycles. The van der Waals surface area contributed by atoms with E-state index in [1.54, 1.807) is 18.8 Å². The van der Waals surface area contributed by atoms with Crippen molar-refractivity contribution in [3.63, 3.8) is 0 Å². The quantitative estimate of drug-likeness (QED) is 0.504. The van der Waals surface area contributed by atoms with E-state index in [1.807, 2.05) is 16.8 Å². The lowest BCUT2D eigenvalue weighted by atomic mass is 10.1. The highest BCUT2D eigenvalue weighted by molar-refractivity contribution is 7.09. The number of hydrogen-bond donors (Lipinski definition) is 1.